The fraction of sp³-hybridized carbons (Fsp3) is 0.667. The standard InChI is InChI=1S/C24H36N2O4/c1-14(2)15-12-16-17(27)13-18-23(3,4)8-7-9-24(18,19(16)21(29)20(15)28)22(30)25-10-11-26(5)6/h12,14,18,28-29H,7-11,13H2,1-6H3,(H,25,30)/t18-,24+/m0/s1. The molecular formula is C24H36N2O4. The van der Waals surface area contributed by atoms with Crippen LogP contribution in [0.25, 0.3) is 0 Å². The maximum Gasteiger partial charge on any atom is 0.231 e. The smallest absolute Gasteiger partial charge is 0.231 e. The second kappa shape index (κ2) is 7.88. The predicted molar refractivity (Wildman–Crippen MR) is 117 cm³/mol. The lowest BCUT2D eigenvalue weighted by Gasteiger charge is -2.54. The number of fused-ring (bicyclic) bond motifs is 3. The van der Waals surface area contributed by atoms with Crippen molar-refractivity contribution in [1.29, 1.82) is 0 Å². The normalized spacial score (nSPS) is 25.2. The van der Waals surface area contributed by atoms with Crippen LogP contribution in [-0.2, 0) is 10.2 Å². The Morgan fingerprint density at radius 1 is 1.23 bits per heavy atom. The van der Waals surface area contributed by atoms with Gasteiger partial charge in [0.1, 0.15) is 0 Å². The van der Waals surface area contributed by atoms with Crippen LogP contribution in [0.15, 0.2) is 6.07 Å². The largest absolute Gasteiger partial charge is 0.504 e. The van der Waals surface area contributed by atoms with E-state index < -0.39 is 5.41 Å². The molecule has 0 aliphatic heterocycles. The van der Waals surface area contributed by atoms with Crippen molar-refractivity contribution in [1.82, 2.24) is 10.2 Å². The number of carbonyl (C=O) groups excluding carboxylic acids is 2. The Bertz CT molecular complexity index is 859. The number of phenolic OH excluding ortho intramolecular Hbond substituents is 2. The molecule has 0 heterocycles. The number of nitrogens with one attached hydrogen (secondary N) is 1. The summed E-state index contributed by atoms with van der Waals surface area (Å²) in [4.78, 5) is 28.9. The number of phenols is 2. The minimum atomic E-state index is -1.02. The van der Waals surface area contributed by atoms with Gasteiger partial charge < -0.3 is 20.4 Å². The van der Waals surface area contributed by atoms with Gasteiger partial charge in [0, 0.05) is 36.2 Å². The van der Waals surface area contributed by atoms with Gasteiger partial charge in [-0.1, -0.05) is 34.1 Å². The summed E-state index contributed by atoms with van der Waals surface area (Å²) in [5.74, 6) is -0.995. The van der Waals surface area contributed by atoms with E-state index in [-0.39, 0.29) is 46.9 Å². The Morgan fingerprint density at radius 3 is 2.50 bits per heavy atom. The number of aromatic hydroxyl groups is 2. The molecule has 2 atom stereocenters. The lowest BCUT2D eigenvalue weighted by Crippen LogP contribution is -2.59. The number of hydrogen-bond donors (Lipinski definition) is 3. The predicted octanol–water partition coefficient (Wildman–Crippen LogP) is 3.55. The third-order valence-electron chi connectivity index (χ3n) is 7.24. The highest BCUT2D eigenvalue weighted by molar-refractivity contribution is 6.05. The molecule has 6 nitrogen and oxygen atoms in total. The topological polar surface area (TPSA) is 89.9 Å². The van der Waals surface area contributed by atoms with Gasteiger partial charge in [0.05, 0.1) is 5.41 Å². The zero-order valence-electron chi connectivity index (χ0n) is 19.1. The number of carbonyl (C=O) groups is 2. The van der Waals surface area contributed by atoms with Gasteiger partial charge >= 0.3 is 0 Å². The van der Waals surface area contributed by atoms with Crippen LogP contribution in [0.3, 0.4) is 0 Å². The van der Waals surface area contributed by atoms with Crippen LogP contribution in [0.5, 0.6) is 11.5 Å². The molecule has 1 aromatic carbocycles. The summed E-state index contributed by atoms with van der Waals surface area (Å²) in [5.41, 5.74) is 0.0141. The zero-order valence-corrected chi connectivity index (χ0v) is 19.1. The molecule has 1 aromatic rings. The van der Waals surface area contributed by atoms with Crippen LogP contribution in [-0.4, -0.2) is 54.0 Å². The average molecular weight is 417 g/mol. The van der Waals surface area contributed by atoms with Crippen LogP contribution in [0.1, 0.15) is 80.8 Å². The van der Waals surface area contributed by atoms with Crippen LogP contribution >= 0.6 is 0 Å². The van der Waals surface area contributed by atoms with Crippen molar-refractivity contribution >= 4 is 11.7 Å². The van der Waals surface area contributed by atoms with E-state index in [9.17, 15) is 19.8 Å². The van der Waals surface area contributed by atoms with E-state index in [1.54, 1.807) is 6.07 Å². The first-order valence-electron chi connectivity index (χ1n) is 11.0. The number of amides is 1. The van der Waals surface area contributed by atoms with Crippen LogP contribution in [0.2, 0.25) is 0 Å². The molecule has 0 spiro atoms. The van der Waals surface area contributed by atoms with Gasteiger partial charge in [-0.3, -0.25) is 9.59 Å². The summed E-state index contributed by atoms with van der Waals surface area (Å²) in [7, 11) is 3.89. The molecule has 166 valence electrons. The van der Waals surface area contributed by atoms with Crippen molar-refractivity contribution in [2.24, 2.45) is 11.3 Å². The van der Waals surface area contributed by atoms with E-state index in [4.69, 9.17) is 0 Å². The quantitative estimate of drug-likeness (QED) is 0.639. The fourth-order valence-electron chi connectivity index (χ4n) is 5.61. The summed E-state index contributed by atoms with van der Waals surface area (Å²) in [5, 5.41) is 25.0. The first kappa shape index (κ1) is 22.6. The highest BCUT2D eigenvalue weighted by atomic mass is 16.3. The molecule has 3 rings (SSSR count). The van der Waals surface area contributed by atoms with Crippen molar-refractivity contribution < 1.29 is 19.8 Å². The highest BCUT2D eigenvalue weighted by Crippen LogP contribution is 2.60. The fourth-order valence-corrected chi connectivity index (χ4v) is 5.61. The van der Waals surface area contributed by atoms with Crippen molar-refractivity contribution in [3.05, 3.63) is 22.8 Å². The lowest BCUT2D eigenvalue weighted by molar-refractivity contribution is -0.134. The summed E-state index contributed by atoms with van der Waals surface area (Å²) >= 11 is 0. The second-order valence-electron chi connectivity index (χ2n) is 10.3. The van der Waals surface area contributed by atoms with E-state index in [1.165, 1.54) is 0 Å². The van der Waals surface area contributed by atoms with Gasteiger partial charge in [0.2, 0.25) is 5.91 Å². The van der Waals surface area contributed by atoms with Crippen LogP contribution in [0, 0.1) is 11.3 Å². The molecule has 1 amide bonds. The van der Waals surface area contributed by atoms with E-state index >= 15 is 0 Å². The summed E-state index contributed by atoms with van der Waals surface area (Å²) in [6.45, 7) is 9.22. The molecule has 0 bridgehead atoms. The molecule has 0 saturated heterocycles. The molecule has 1 saturated carbocycles. The first-order chi connectivity index (χ1) is 13.9. The van der Waals surface area contributed by atoms with Crippen LogP contribution < -0.4 is 5.32 Å². The maximum atomic E-state index is 13.7. The average Bonchev–Trinajstić information content (AvgIpc) is 2.64. The van der Waals surface area contributed by atoms with Crippen LogP contribution in [0.4, 0.5) is 0 Å². The number of ketones is 1. The van der Waals surface area contributed by atoms with E-state index in [2.05, 4.69) is 19.2 Å². The molecule has 0 aromatic heterocycles. The highest BCUT2D eigenvalue weighted by Gasteiger charge is 2.60. The Kier molecular flexibility index (Phi) is 5.93. The Balaban J connectivity index is 2.22. The van der Waals surface area contributed by atoms with Gasteiger partial charge in [-0.05, 0) is 50.3 Å². The Labute approximate surface area is 179 Å². The molecular weight excluding hydrogens is 380 g/mol. The number of nitrogens with zero attached hydrogens (tertiary/aromatic N) is 1. The Morgan fingerprint density at radius 2 is 1.90 bits per heavy atom. The molecule has 0 unspecified atom stereocenters. The van der Waals surface area contributed by atoms with Gasteiger partial charge in [-0.15, -0.1) is 0 Å². The number of likely N-dealkylation sites (N-methyl/N-ethyl adjacent to an activating group) is 1. The van der Waals surface area contributed by atoms with Gasteiger partial charge in [-0.25, -0.2) is 0 Å². The van der Waals surface area contributed by atoms with Crippen molar-refractivity contribution in [3.8, 4) is 11.5 Å². The van der Waals surface area contributed by atoms with E-state index in [1.807, 2.05) is 32.8 Å². The molecule has 1 fully saturated rings. The molecule has 2 aliphatic carbocycles. The number of hydrogen-bond acceptors (Lipinski definition) is 5. The number of benzene rings is 1. The van der Waals surface area contributed by atoms with Crippen molar-refractivity contribution in [3.63, 3.8) is 0 Å². The lowest BCUT2D eigenvalue weighted by atomic mass is 9.48. The SMILES string of the molecule is CC(C)c1cc2c(c(O)c1O)[C@@]1(C(=O)NCCN(C)C)CCCC(C)(C)[C@@H]1CC2=O. The monoisotopic (exact) mass is 416 g/mol. The first-order valence-corrected chi connectivity index (χ1v) is 11.0. The number of rotatable bonds is 5. The maximum absolute atomic E-state index is 13.7. The third kappa shape index (κ3) is 3.49. The van der Waals surface area contributed by atoms with E-state index in [0.29, 0.717) is 36.2 Å². The molecule has 3 N–H and O–H groups in total. The second-order valence-corrected chi connectivity index (χ2v) is 10.3. The molecule has 6 heteroatoms. The molecule has 0 radical (unpaired) electrons. The van der Waals surface area contributed by atoms with Crippen molar-refractivity contribution in [2.45, 2.75) is 64.7 Å². The van der Waals surface area contributed by atoms with Gasteiger partial charge in [-0.2, -0.15) is 0 Å². The van der Waals surface area contributed by atoms with Gasteiger partial charge in [0.25, 0.3) is 0 Å². The summed E-state index contributed by atoms with van der Waals surface area (Å²) in [6, 6.07) is 1.70. The minimum absolute atomic E-state index is 0.0561. The molecule has 2 aliphatic rings. The minimum Gasteiger partial charge on any atom is -0.504 e. The zero-order chi connectivity index (χ0) is 22.4. The molecule has 30 heavy (non-hydrogen) atoms. The van der Waals surface area contributed by atoms with Gasteiger partial charge in [0.15, 0.2) is 17.3 Å². The summed E-state index contributed by atoms with van der Waals surface area (Å²) < 4.78 is 0. The number of Topliss-reactive ketones (excluding diaryl/α,β-unsaturated/α-hetero) is 1. The van der Waals surface area contributed by atoms with E-state index in [0.717, 1.165) is 12.8 Å². The Hall–Kier alpha value is -2.08. The van der Waals surface area contributed by atoms with Crippen molar-refractivity contribution in [2.75, 3.05) is 27.2 Å². The summed E-state index contributed by atoms with van der Waals surface area (Å²) in [6.07, 6.45) is 2.58. The third-order valence-corrected chi connectivity index (χ3v) is 7.24.